The molecule has 2 nitrogen and oxygen atoms in total. The maximum atomic E-state index is 2.56. The van der Waals surface area contributed by atoms with E-state index in [0.717, 1.165) is 19.3 Å². The molecule has 10 rings (SSSR count). The lowest BCUT2D eigenvalue weighted by Crippen LogP contribution is -2.21. The monoisotopic (exact) mass is 714 g/mol. The lowest BCUT2D eigenvalue weighted by atomic mass is 9.84. The van der Waals surface area contributed by atoms with Crippen LogP contribution in [0.5, 0.6) is 0 Å². The maximum Gasteiger partial charge on any atom is 0.0541 e. The van der Waals surface area contributed by atoms with Gasteiger partial charge in [0.15, 0.2) is 0 Å². The number of anilines is 2. The predicted octanol–water partition coefficient (Wildman–Crippen LogP) is 14.4. The summed E-state index contributed by atoms with van der Waals surface area (Å²) < 4.78 is 3.77. The number of thiophene rings is 1. The van der Waals surface area contributed by atoms with Crippen molar-refractivity contribution in [2.45, 2.75) is 40.0 Å². The second kappa shape index (κ2) is 13.2. The molecule has 0 saturated carbocycles. The summed E-state index contributed by atoms with van der Waals surface area (Å²) in [6.45, 7) is 6.78. The Kier molecular flexibility index (Phi) is 8.00. The smallest absolute Gasteiger partial charge is 0.0541 e. The molecule has 0 aliphatic heterocycles. The molecule has 0 bridgehead atoms. The van der Waals surface area contributed by atoms with Crippen LogP contribution in [0, 0.1) is 19.8 Å². The van der Waals surface area contributed by atoms with E-state index in [1.165, 1.54) is 98.5 Å². The molecule has 2 aliphatic rings. The SMILES string of the molecule is Cc1ccc(-n2c3ccccc3c3cc(-c4ccc(N(C5=Cc6c(sc7ccccc67)CC5)c5cccc(C)c5C5=CC=CCC5C)cc4)ccc32)cc1. The predicted molar refractivity (Wildman–Crippen MR) is 233 cm³/mol. The van der Waals surface area contributed by atoms with Crippen molar-refractivity contribution in [3.05, 3.63) is 185 Å². The Balaban J connectivity index is 1.11. The Bertz CT molecular complexity index is 2820. The molecule has 0 N–H and O–H groups in total. The average Bonchev–Trinajstić information content (AvgIpc) is 3.74. The van der Waals surface area contributed by atoms with E-state index in [-0.39, 0.29) is 0 Å². The van der Waals surface area contributed by atoms with Gasteiger partial charge in [-0.2, -0.15) is 0 Å². The molecule has 1 unspecified atom stereocenters. The molecule has 0 radical (unpaired) electrons. The zero-order chi connectivity index (χ0) is 36.3. The van der Waals surface area contributed by atoms with Crippen LogP contribution in [0.3, 0.4) is 0 Å². The molecule has 0 spiro atoms. The normalized spacial score (nSPS) is 15.4. The van der Waals surface area contributed by atoms with Crippen molar-refractivity contribution in [3.8, 4) is 16.8 Å². The van der Waals surface area contributed by atoms with E-state index in [4.69, 9.17) is 0 Å². The number of aromatic nitrogens is 1. The van der Waals surface area contributed by atoms with Gasteiger partial charge in [0, 0.05) is 48.4 Å². The van der Waals surface area contributed by atoms with Crippen molar-refractivity contribution < 1.29 is 0 Å². The van der Waals surface area contributed by atoms with Gasteiger partial charge in [-0.15, -0.1) is 11.3 Å². The lowest BCUT2D eigenvalue weighted by Gasteiger charge is -2.34. The van der Waals surface area contributed by atoms with Gasteiger partial charge < -0.3 is 9.47 Å². The number of nitrogens with zero attached hydrogens (tertiary/aromatic N) is 2. The van der Waals surface area contributed by atoms with Gasteiger partial charge >= 0.3 is 0 Å². The van der Waals surface area contributed by atoms with Gasteiger partial charge in [0.25, 0.3) is 0 Å². The van der Waals surface area contributed by atoms with Crippen molar-refractivity contribution in [2.24, 2.45) is 5.92 Å². The largest absolute Gasteiger partial charge is 0.314 e. The highest BCUT2D eigenvalue weighted by atomic mass is 32.1. The van der Waals surface area contributed by atoms with Crippen LogP contribution in [0.1, 0.15) is 46.9 Å². The van der Waals surface area contributed by atoms with Gasteiger partial charge in [-0.25, -0.2) is 0 Å². The van der Waals surface area contributed by atoms with E-state index < -0.39 is 0 Å². The molecule has 54 heavy (non-hydrogen) atoms. The number of benzene rings is 6. The van der Waals surface area contributed by atoms with E-state index in [1.54, 1.807) is 0 Å². The summed E-state index contributed by atoms with van der Waals surface area (Å²) in [5.41, 5.74) is 16.6. The highest BCUT2D eigenvalue weighted by molar-refractivity contribution is 7.19. The molecule has 262 valence electrons. The lowest BCUT2D eigenvalue weighted by molar-refractivity contribution is 0.757. The number of allylic oxidation sites excluding steroid dienone is 5. The third-order valence-corrected chi connectivity index (χ3v) is 12.8. The van der Waals surface area contributed by atoms with Crippen LogP contribution >= 0.6 is 11.3 Å². The quantitative estimate of drug-likeness (QED) is 0.166. The van der Waals surface area contributed by atoms with Crippen LogP contribution in [0.15, 0.2) is 157 Å². The van der Waals surface area contributed by atoms with Crippen molar-refractivity contribution in [2.75, 3.05) is 4.90 Å². The van der Waals surface area contributed by atoms with E-state index >= 15 is 0 Å². The number of fused-ring (bicyclic) bond motifs is 6. The zero-order valence-corrected chi connectivity index (χ0v) is 31.8. The van der Waals surface area contributed by atoms with Gasteiger partial charge in [-0.1, -0.05) is 110 Å². The van der Waals surface area contributed by atoms with E-state index in [9.17, 15) is 0 Å². The molecule has 6 aromatic carbocycles. The van der Waals surface area contributed by atoms with Crippen LogP contribution in [-0.4, -0.2) is 4.57 Å². The molecular formula is C51H42N2S. The van der Waals surface area contributed by atoms with Gasteiger partial charge in [0.05, 0.1) is 16.7 Å². The van der Waals surface area contributed by atoms with Crippen LogP contribution < -0.4 is 4.90 Å². The average molecular weight is 715 g/mol. The minimum atomic E-state index is 0.457. The summed E-state index contributed by atoms with van der Waals surface area (Å²) in [5, 5.41) is 3.91. The van der Waals surface area contributed by atoms with Crippen LogP contribution in [0.2, 0.25) is 0 Å². The van der Waals surface area contributed by atoms with E-state index in [1.807, 2.05) is 11.3 Å². The van der Waals surface area contributed by atoms with Crippen molar-refractivity contribution >= 4 is 66.3 Å². The summed E-state index contributed by atoms with van der Waals surface area (Å²) in [6, 6.07) is 49.6. The molecule has 0 amide bonds. The highest BCUT2D eigenvalue weighted by Crippen LogP contribution is 2.46. The number of rotatable bonds is 6. The fraction of sp³-hybridized carbons (Fsp3) is 0.137. The van der Waals surface area contributed by atoms with Gasteiger partial charge in [-0.3, -0.25) is 0 Å². The number of aryl methyl sites for hydroxylation is 3. The second-order valence-corrected chi connectivity index (χ2v) is 16.2. The van der Waals surface area contributed by atoms with Crippen LogP contribution in [0.4, 0.5) is 11.4 Å². The Morgan fingerprint density at radius 3 is 2.28 bits per heavy atom. The third-order valence-electron chi connectivity index (χ3n) is 11.6. The Morgan fingerprint density at radius 1 is 0.685 bits per heavy atom. The zero-order valence-electron chi connectivity index (χ0n) is 31.0. The fourth-order valence-electron chi connectivity index (χ4n) is 8.79. The van der Waals surface area contributed by atoms with Crippen LogP contribution in [0.25, 0.3) is 60.4 Å². The summed E-state index contributed by atoms with van der Waals surface area (Å²) in [4.78, 5) is 4.05. The first-order chi connectivity index (χ1) is 26.5. The molecule has 0 fully saturated rings. The number of para-hydroxylation sites is 1. The Labute approximate surface area is 321 Å². The fourth-order valence-corrected chi connectivity index (χ4v) is 9.98. The molecular weight excluding hydrogens is 673 g/mol. The molecule has 8 aromatic rings. The summed E-state index contributed by atoms with van der Waals surface area (Å²) in [6.07, 6.45) is 12.5. The topological polar surface area (TPSA) is 8.17 Å². The Morgan fingerprint density at radius 2 is 1.44 bits per heavy atom. The first-order valence-corrected chi connectivity index (χ1v) is 20.0. The third kappa shape index (κ3) is 5.46. The first-order valence-electron chi connectivity index (χ1n) is 19.2. The van der Waals surface area contributed by atoms with Gasteiger partial charge in [0.1, 0.15) is 0 Å². The Hall–Kier alpha value is -5.90. The van der Waals surface area contributed by atoms with Crippen molar-refractivity contribution in [3.63, 3.8) is 0 Å². The van der Waals surface area contributed by atoms with E-state index in [2.05, 4.69) is 188 Å². The summed E-state index contributed by atoms with van der Waals surface area (Å²) >= 11 is 1.95. The highest BCUT2D eigenvalue weighted by Gasteiger charge is 2.26. The van der Waals surface area contributed by atoms with Gasteiger partial charge in [0.2, 0.25) is 0 Å². The van der Waals surface area contributed by atoms with Crippen molar-refractivity contribution in [1.82, 2.24) is 4.57 Å². The molecule has 2 aliphatic carbocycles. The van der Waals surface area contributed by atoms with Gasteiger partial charge in [-0.05, 0) is 128 Å². The second-order valence-electron chi connectivity index (χ2n) is 15.0. The molecule has 3 heteroatoms. The minimum absolute atomic E-state index is 0.457. The van der Waals surface area contributed by atoms with Crippen molar-refractivity contribution in [1.29, 1.82) is 0 Å². The van der Waals surface area contributed by atoms with E-state index in [0.29, 0.717) is 5.92 Å². The number of hydrogen-bond acceptors (Lipinski definition) is 2. The number of hydrogen-bond donors (Lipinski definition) is 0. The molecule has 2 heterocycles. The first kappa shape index (κ1) is 32.7. The maximum absolute atomic E-state index is 2.56. The summed E-state index contributed by atoms with van der Waals surface area (Å²) in [7, 11) is 0. The molecule has 0 saturated heterocycles. The standard InChI is InChI=1S/C51H42N2S/c1-33-19-24-39(25-20-33)53-46-16-8-6-14-42(46)44-31-37(23-29-47(44)53)36-21-26-38(27-22-36)52(40-28-30-50-45(32-40)43-15-7-9-18-49(43)54-50)48-17-10-12-35(3)51(48)41-13-5-4-11-34(41)2/h4-10,12-27,29,31-32,34H,11,28,30H2,1-3H3. The summed E-state index contributed by atoms with van der Waals surface area (Å²) in [5.74, 6) is 0.457. The minimum Gasteiger partial charge on any atom is -0.314 e. The molecule has 2 aromatic heterocycles. The van der Waals surface area contributed by atoms with Crippen LogP contribution in [-0.2, 0) is 6.42 Å². The molecule has 1 atom stereocenters.